The van der Waals surface area contributed by atoms with Crippen LogP contribution in [0.4, 0.5) is 0 Å². The molecule has 0 aromatic heterocycles. The molecular formula is C15H20N2O. The van der Waals surface area contributed by atoms with Gasteiger partial charge in [0.2, 0.25) is 0 Å². The standard InChI is InChI=1S/C15H20N2O/c1-15(2)11-12-5-3-4-6-13(12)14(16-15)17-7-9-18-10-8-17/h3-6H,7-11H2,1-2H3. The third kappa shape index (κ3) is 2.15. The van der Waals surface area contributed by atoms with Gasteiger partial charge in [0.15, 0.2) is 0 Å². The van der Waals surface area contributed by atoms with Gasteiger partial charge in [0, 0.05) is 18.7 Å². The maximum absolute atomic E-state index is 5.43. The van der Waals surface area contributed by atoms with Gasteiger partial charge in [-0.2, -0.15) is 0 Å². The molecule has 1 aromatic rings. The Labute approximate surface area is 108 Å². The SMILES string of the molecule is CC1(C)Cc2ccccc2C(N2CCOCC2)=N1. The van der Waals surface area contributed by atoms with Gasteiger partial charge < -0.3 is 9.64 Å². The van der Waals surface area contributed by atoms with E-state index < -0.39 is 0 Å². The van der Waals surface area contributed by atoms with Gasteiger partial charge in [-0.25, -0.2) is 0 Å². The first-order valence-electron chi connectivity index (χ1n) is 6.67. The van der Waals surface area contributed by atoms with Crippen LogP contribution in [0.5, 0.6) is 0 Å². The summed E-state index contributed by atoms with van der Waals surface area (Å²) in [6.45, 7) is 7.93. The first-order chi connectivity index (χ1) is 8.66. The molecule has 0 unspecified atom stereocenters. The van der Waals surface area contributed by atoms with Gasteiger partial charge in [-0.15, -0.1) is 0 Å². The van der Waals surface area contributed by atoms with Gasteiger partial charge >= 0.3 is 0 Å². The third-order valence-electron chi connectivity index (χ3n) is 3.60. The third-order valence-corrected chi connectivity index (χ3v) is 3.60. The van der Waals surface area contributed by atoms with Gasteiger partial charge in [0.1, 0.15) is 5.84 Å². The summed E-state index contributed by atoms with van der Waals surface area (Å²) in [6.07, 6.45) is 1.02. The summed E-state index contributed by atoms with van der Waals surface area (Å²) in [5.74, 6) is 1.16. The summed E-state index contributed by atoms with van der Waals surface area (Å²) in [6, 6.07) is 8.65. The summed E-state index contributed by atoms with van der Waals surface area (Å²) in [7, 11) is 0. The second-order valence-corrected chi connectivity index (χ2v) is 5.68. The van der Waals surface area contributed by atoms with E-state index in [2.05, 4.69) is 43.0 Å². The molecule has 1 saturated heterocycles. The molecule has 0 saturated carbocycles. The molecule has 3 rings (SSSR count). The van der Waals surface area contributed by atoms with Gasteiger partial charge in [-0.05, 0) is 25.8 Å². The molecule has 18 heavy (non-hydrogen) atoms. The lowest BCUT2D eigenvalue weighted by Gasteiger charge is -2.36. The van der Waals surface area contributed by atoms with E-state index >= 15 is 0 Å². The predicted octanol–water partition coefficient (Wildman–Crippen LogP) is 2.10. The van der Waals surface area contributed by atoms with Crippen molar-refractivity contribution in [2.75, 3.05) is 26.3 Å². The Hall–Kier alpha value is -1.35. The zero-order valence-electron chi connectivity index (χ0n) is 11.1. The molecule has 0 spiro atoms. The zero-order valence-corrected chi connectivity index (χ0v) is 11.1. The molecule has 3 nitrogen and oxygen atoms in total. The molecular weight excluding hydrogens is 224 g/mol. The van der Waals surface area contributed by atoms with Crippen molar-refractivity contribution in [3.8, 4) is 0 Å². The minimum Gasteiger partial charge on any atom is -0.378 e. The van der Waals surface area contributed by atoms with Crippen LogP contribution in [0.25, 0.3) is 0 Å². The molecule has 1 aromatic carbocycles. The van der Waals surface area contributed by atoms with Crippen molar-refractivity contribution in [1.82, 2.24) is 4.90 Å². The van der Waals surface area contributed by atoms with E-state index in [0.717, 1.165) is 38.6 Å². The molecule has 0 N–H and O–H groups in total. The Morgan fingerprint density at radius 3 is 2.67 bits per heavy atom. The van der Waals surface area contributed by atoms with Crippen molar-refractivity contribution in [2.24, 2.45) is 4.99 Å². The largest absolute Gasteiger partial charge is 0.378 e. The smallest absolute Gasteiger partial charge is 0.131 e. The highest BCUT2D eigenvalue weighted by atomic mass is 16.5. The number of hydrogen-bond donors (Lipinski definition) is 0. The van der Waals surface area contributed by atoms with Gasteiger partial charge in [0.25, 0.3) is 0 Å². The number of fused-ring (bicyclic) bond motifs is 1. The number of rotatable bonds is 0. The monoisotopic (exact) mass is 244 g/mol. The molecule has 0 amide bonds. The lowest BCUT2D eigenvalue weighted by Crippen LogP contribution is -2.44. The van der Waals surface area contributed by atoms with Crippen LogP contribution in [0.2, 0.25) is 0 Å². The van der Waals surface area contributed by atoms with Crippen LogP contribution >= 0.6 is 0 Å². The van der Waals surface area contributed by atoms with Crippen molar-refractivity contribution in [1.29, 1.82) is 0 Å². The summed E-state index contributed by atoms with van der Waals surface area (Å²) < 4.78 is 5.43. The number of benzene rings is 1. The van der Waals surface area contributed by atoms with Crippen molar-refractivity contribution in [3.63, 3.8) is 0 Å². The number of hydrogen-bond acceptors (Lipinski definition) is 3. The molecule has 0 atom stereocenters. The van der Waals surface area contributed by atoms with E-state index in [9.17, 15) is 0 Å². The molecule has 0 aliphatic carbocycles. The highest BCUT2D eigenvalue weighted by Crippen LogP contribution is 2.28. The van der Waals surface area contributed by atoms with Crippen molar-refractivity contribution >= 4 is 5.84 Å². The Balaban J connectivity index is 2.01. The summed E-state index contributed by atoms with van der Waals surface area (Å²) in [4.78, 5) is 7.33. The number of aliphatic imine (C=N–C) groups is 1. The maximum atomic E-state index is 5.43. The molecule has 1 fully saturated rings. The molecule has 2 heterocycles. The first kappa shape index (κ1) is 11.7. The average Bonchev–Trinajstić information content (AvgIpc) is 2.38. The van der Waals surface area contributed by atoms with E-state index in [1.807, 2.05) is 0 Å². The molecule has 3 heteroatoms. The summed E-state index contributed by atoms with van der Waals surface area (Å²) in [5, 5.41) is 0. The van der Waals surface area contributed by atoms with E-state index in [-0.39, 0.29) is 5.54 Å². The predicted molar refractivity (Wildman–Crippen MR) is 73.2 cm³/mol. The lowest BCUT2D eigenvalue weighted by molar-refractivity contribution is 0.0677. The molecule has 96 valence electrons. The van der Waals surface area contributed by atoms with Crippen LogP contribution in [0.15, 0.2) is 29.3 Å². The lowest BCUT2D eigenvalue weighted by atomic mass is 9.88. The van der Waals surface area contributed by atoms with Gasteiger partial charge in [0.05, 0.1) is 18.8 Å². The Morgan fingerprint density at radius 1 is 1.17 bits per heavy atom. The van der Waals surface area contributed by atoms with Crippen LogP contribution in [0.3, 0.4) is 0 Å². The maximum Gasteiger partial charge on any atom is 0.131 e. The Kier molecular flexibility index (Phi) is 2.86. The highest BCUT2D eigenvalue weighted by Gasteiger charge is 2.29. The fraction of sp³-hybridized carbons (Fsp3) is 0.533. The highest BCUT2D eigenvalue weighted by molar-refractivity contribution is 6.01. The van der Waals surface area contributed by atoms with Crippen LogP contribution in [-0.4, -0.2) is 42.6 Å². The second-order valence-electron chi connectivity index (χ2n) is 5.68. The number of nitrogens with zero attached hydrogens (tertiary/aromatic N) is 2. The minimum atomic E-state index is 0.00198. The fourth-order valence-electron chi connectivity index (χ4n) is 2.76. The molecule has 0 radical (unpaired) electrons. The van der Waals surface area contributed by atoms with Crippen molar-refractivity contribution in [2.45, 2.75) is 25.8 Å². The Morgan fingerprint density at radius 2 is 1.89 bits per heavy atom. The van der Waals surface area contributed by atoms with Crippen molar-refractivity contribution < 1.29 is 4.74 Å². The number of amidine groups is 1. The van der Waals surface area contributed by atoms with Gasteiger partial charge in [-0.1, -0.05) is 24.3 Å². The normalized spacial score (nSPS) is 22.3. The Bertz CT molecular complexity index is 473. The van der Waals surface area contributed by atoms with Crippen LogP contribution < -0.4 is 0 Å². The van der Waals surface area contributed by atoms with Gasteiger partial charge in [-0.3, -0.25) is 4.99 Å². The molecule has 0 bridgehead atoms. The molecule has 2 aliphatic rings. The zero-order chi connectivity index (χ0) is 12.6. The number of ether oxygens (including phenoxy) is 1. The fourth-order valence-corrected chi connectivity index (χ4v) is 2.76. The molecule has 2 aliphatic heterocycles. The minimum absolute atomic E-state index is 0.00198. The average molecular weight is 244 g/mol. The van der Waals surface area contributed by atoms with Crippen LogP contribution in [0.1, 0.15) is 25.0 Å². The quantitative estimate of drug-likeness (QED) is 0.698. The van der Waals surface area contributed by atoms with Crippen LogP contribution in [-0.2, 0) is 11.2 Å². The summed E-state index contributed by atoms with van der Waals surface area (Å²) >= 11 is 0. The second kappa shape index (κ2) is 4.39. The van der Waals surface area contributed by atoms with E-state index in [1.54, 1.807) is 0 Å². The van der Waals surface area contributed by atoms with E-state index in [1.165, 1.54) is 11.1 Å². The van der Waals surface area contributed by atoms with Crippen LogP contribution in [0, 0.1) is 0 Å². The first-order valence-corrected chi connectivity index (χ1v) is 6.67. The number of morpholine rings is 1. The van der Waals surface area contributed by atoms with E-state index in [0.29, 0.717) is 0 Å². The van der Waals surface area contributed by atoms with Crippen molar-refractivity contribution in [3.05, 3.63) is 35.4 Å². The van der Waals surface area contributed by atoms with E-state index in [4.69, 9.17) is 9.73 Å². The summed E-state index contributed by atoms with van der Waals surface area (Å²) in [5.41, 5.74) is 2.72. The topological polar surface area (TPSA) is 24.8 Å².